The molecule has 0 saturated heterocycles. The summed E-state index contributed by atoms with van der Waals surface area (Å²) < 4.78 is 13.2. The molecule has 9 nitrogen and oxygen atoms in total. The van der Waals surface area contributed by atoms with Crippen LogP contribution in [-0.4, -0.2) is 49.1 Å². The van der Waals surface area contributed by atoms with Gasteiger partial charge in [-0.15, -0.1) is 23.5 Å². The Bertz CT molecular complexity index is 1400. The van der Waals surface area contributed by atoms with E-state index in [1.807, 2.05) is 36.6 Å². The number of anilines is 5. The zero-order chi connectivity index (χ0) is 30.1. The first kappa shape index (κ1) is 31.0. The van der Waals surface area contributed by atoms with Gasteiger partial charge in [-0.3, -0.25) is 4.79 Å². The van der Waals surface area contributed by atoms with Crippen LogP contribution in [0.4, 0.5) is 42.4 Å². The van der Waals surface area contributed by atoms with Gasteiger partial charge in [-0.25, -0.2) is 14.0 Å². The van der Waals surface area contributed by atoms with Gasteiger partial charge in [0.1, 0.15) is 11.9 Å². The Labute approximate surface area is 253 Å². The van der Waals surface area contributed by atoms with Crippen LogP contribution >= 0.6 is 23.5 Å². The fourth-order valence-electron chi connectivity index (χ4n) is 4.43. The number of hydrogen-bond donors (Lipinski definition) is 5. The monoisotopic (exact) mass is 610 g/mol. The zero-order valence-corrected chi connectivity index (χ0v) is 25.4. The van der Waals surface area contributed by atoms with E-state index < -0.39 is 23.9 Å². The minimum Gasteiger partial charge on any atom is -0.370 e. The minimum absolute atomic E-state index is 0.302. The third kappa shape index (κ3) is 8.32. The highest BCUT2D eigenvalue weighted by molar-refractivity contribution is 7.99. The lowest BCUT2D eigenvalue weighted by Gasteiger charge is -2.28. The van der Waals surface area contributed by atoms with E-state index in [9.17, 15) is 18.8 Å². The number of nitrogens with zero attached hydrogens (tertiary/aromatic N) is 1. The van der Waals surface area contributed by atoms with Crippen molar-refractivity contribution in [2.45, 2.75) is 42.5 Å². The average Bonchev–Trinajstić information content (AvgIpc) is 3.11. The predicted molar refractivity (Wildman–Crippen MR) is 172 cm³/mol. The second-order valence-corrected chi connectivity index (χ2v) is 11.6. The molecule has 0 radical (unpaired) electrons. The fourth-order valence-corrected chi connectivity index (χ4v) is 5.88. The van der Waals surface area contributed by atoms with Crippen molar-refractivity contribution in [3.63, 3.8) is 0 Å². The quantitative estimate of drug-likeness (QED) is 0.157. The Morgan fingerprint density at radius 1 is 0.952 bits per heavy atom. The van der Waals surface area contributed by atoms with E-state index in [0.29, 0.717) is 28.5 Å². The number of benzene rings is 3. The summed E-state index contributed by atoms with van der Waals surface area (Å²) in [5.41, 5.74) is 3.04. The van der Waals surface area contributed by atoms with Crippen LogP contribution in [-0.2, 0) is 4.79 Å². The van der Waals surface area contributed by atoms with E-state index in [2.05, 4.69) is 45.3 Å². The van der Waals surface area contributed by atoms with Crippen molar-refractivity contribution in [1.29, 1.82) is 0 Å². The molecule has 0 unspecified atom stereocenters. The van der Waals surface area contributed by atoms with Gasteiger partial charge in [0, 0.05) is 40.0 Å². The molecule has 12 heteroatoms. The predicted octanol–water partition coefficient (Wildman–Crippen LogP) is 7.05. The maximum atomic E-state index is 13.2. The Hall–Kier alpha value is -3.90. The maximum absolute atomic E-state index is 13.2. The Balaban J connectivity index is 1.53. The summed E-state index contributed by atoms with van der Waals surface area (Å²) in [6.45, 7) is 5.80. The van der Waals surface area contributed by atoms with E-state index in [-0.39, 0.29) is 5.91 Å². The second kappa shape index (κ2) is 14.8. The number of nitrogens with one attached hydrogen (secondary N) is 5. The average molecular weight is 611 g/mol. The molecule has 5 amide bonds. The third-order valence-electron chi connectivity index (χ3n) is 6.41. The van der Waals surface area contributed by atoms with Crippen molar-refractivity contribution < 1.29 is 18.8 Å². The number of halogens is 1. The topological polar surface area (TPSA) is 115 Å². The number of urea groups is 2. The fraction of sp³-hybridized carbons (Fsp3) is 0.300. The molecular formula is C30H35FN6O3S2. The van der Waals surface area contributed by atoms with Crippen LogP contribution in [0, 0.1) is 5.82 Å². The molecule has 42 heavy (non-hydrogen) atoms. The van der Waals surface area contributed by atoms with E-state index in [1.165, 1.54) is 36.0 Å². The van der Waals surface area contributed by atoms with E-state index in [1.54, 1.807) is 17.8 Å². The lowest BCUT2D eigenvalue weighted by molar-refractivity contribution is -0.117. The summed E-state index contributed by atoms with van der Waals surface area (Å²) in [5, 5.41) is 14.1. The molecule has 0 saturated carbocycles. The van der Waals surface area contributed by atoms with Gasteiger partial charge in [-0.1, -0.05) is 13.8 Å². The van der Waals surface area contributed by atoms with Gasteiger partial charge < -0.3 is 31.5 Å². The molecule has 1 aliphatic rings. The molecule has 0 fully saturated rings. The van der Waals surface area contributed by atoms with Gasteiger partial charge in [-0.05, 0) is 79.8 Å². The second-order valence-electron chi connectivity index (χ2n) is 9.62. The Morgan fingerprint density at radius 2 is 1.57 bits per heavy atom. The summed E-state index contributed by atoms with van der Waals surface area (Å²) in [6.07, 6.45) is 3.83. The van der Waals surface area contributed by atoms with Crippen molar-refractivity contribution in [2.75, 3.05) is 51.3 Å². The van der Waals surface area contributed by atoms with Crippen molar-refractivity contribution in [1.82, 2.24) is 5.32 Å². The van der Waals surface area contributed by atoms with Crippen LogP contribution < -0.4 is 31.5 Å². The maximum Gasteiger partial charge on any atom is 0.323 e. The molecule has 1 atom stereocenters. The first-order chi connectivity index (χ1) is 20.3. The van der Waals surface area contributed by atoms with Crippen LogP contribution in [0.3, 0.4) is 0 Å². The van der Waals surface area contributed by atoms with Crippen LogP contribution in [0.5, 0.6) is 0 Å². The standard InChI is InChI=1S/C30H35FN6O3S2/c1-4-14-37(15-5-2)26-17-27-24(16-23(26)35-29(39)33-21-10-12-22(41-3)13-11-21)34-28(38)25(18-42-27)36-30(40)32-20-8-6-19(31)7-9-20/h6-13,16-17,25H,4-5,14-15,18H2,1-3H3,(H,34,38)(H2,32,36,40)(H2,33,35,39)/t25-/m0/s1. The molecule has 3 aromatic carbocycles. The zero-order valence-electron chi connectivity index (χ0n) is 23.8. The Morgan fingerprint density at radius 3 is 2.19 bits per heavy atom. The lowest BCUT2D eigenvalue weighted by Crippen LogP contribution is -2.46. The normalized spacial score (nSPS) is 14.2. The van der Waals surface area contributed by atoms with Gasteiger partial charge in [0.05, 0.1) is 17.1 Å². The summed E-state index contributed by atoms with van der Waals surface area (Å²) in [5.74, 6) is -0.493. The van der Waals surface area contributed by atoms with E-state index in [4.69, 9.17) is 0 Å². The van der Waals surface area contributed by atoms with Crippen LogP contribution in [0.25, 0.3) is 0 Å². The van der Waals surface area contributed by atoms with Crippen molar-refractivity contribution >= 4 is 69.9 Å². The highest BCUT2D eigenvalue weighted by Gasteiger charge is 2.28. The molecule has 1 aliphatic heterocycles. The molecule has 0 aliphatic carbocycles. The number of hydrogen-bond acceptors (Lipinski definition) is 6. The smallest absolute Gasteiger partial charge is 0.323 e. The molecular weight excluding hydrogens is 576 g/mol. The van der Waals surface area contributed by atoms with Crippen molar-refractivity contribution in [3.8, 4) is 0 Å². The summed E-state index contributed by atoms with van der Waals surface area (Å²) >= 11 is 3.06. The van der Waals surface area contributed by atoms with Gasteiger partial charge in [0.25, 0.3) is 0 Å². The molecule has 3 aromatic rings. The molecule has 4 rings (SSSR count). The van der Waals surface area contributed by atoms with E-state index in [0.717, 1.165) is 41.4 Å². The van der Waals surface area contributed by atoms with E-state index >= 15 is 0 Å². The van der Waals surface area contributed by atoms with Gasteiger partial charge in [0.15, 0.2) is 0 Å². The molecule has 0 aromatic heterocycles. The minimum atomic E-state index is -0.822. The number of amides is 5. The van der Waals surface area contributed by atoms with Crippen molar-refractivity contribution in [2.24, 2.45) is 0 Å². The van der Waals surface area contributed by atoms with Gasteiger partial charge in [0.2, 0.25) is 5.91 Å². The molecule has 5 N–H and O–H groups in total. The third-order valence-corrected chi connectivity index (χ3v) is 8.30. The van der Waals surface area contributed by atoms with Crippen LogP contribution in [0.2, 0.25) is 0 Å². The first-order valence-electron chi connectivity index (χ1n) is 13.7. The molecule has 222 valence electrons. The largest absolute Gasteiger partial charge is 0.370 e. The Kier molecular flexibility index (Phi) is 11.0. The van der Waals surface area contributed by atoms with Crippen LogP contribution in [0.15, 0.2) is 70.5 Å². The highest BCUT2D eigenvalue weighted by Crippen LogP contribution is 2.40. The van der Waals surface area contributed by atoms with Gasteiger partial charge in [-0.2, -0.15) is 0 Å². The number of rotatable bonds is 10. The lowest BCUT2D eigenvalue weighted by atomic mass is 10.2. The molecule has 0 spiro atoms. The SMILES string of the molecule is CCCN(CCC)c1cc2c(cc1NC(=O)Nc1ccc(SC)cc1)NC(=O)[C@@H](NC(=O)Nc1ccc(F)cc1)CS2. The molecule has 1 heterocycles. The highest BCUT2D eigenvalue weighted by atomic mass is 32.2. The molecule has 0 bridgehead atoms. The number of fused-ring (bicyclic) bond motifs is 1. The number of carbonyl (C=O) groups is 3. The summed E-state index contributed by atoms with van der Waals surface area (Å²) in [4.78, 5) is 42.9. The summed E-state index contributed by atoms with van der Waals surface area (Å²) in [7, 11) is 0. The first-order valence-corrected chi connectivity index (χ1v) is 15.9. The number of thioether (sulfide) groups is 2. The number of carbonyl (C=O) groups excluding carboxylic acids is 3. The van der Waals surface area contributed by atoms with Crippen molar-refractivity contribution in [3.05, 3.63) is 66.5 Å². The van der Waals surface area contributed by atoms with Crippen LogP contribution in [0.1, 0.15) is 26.7 Å². The summed E-state index contributed by atoms with van der Waals surface area (Å²) in [6, 6.07) is 14.9. The van der Waals surface area contributed by atoms with Gasteiger partial charge >= 0.3 is 12.1 Å².